The van der Waals surface area contributed by atoms with Gasteiger partial charge in [-0.1, -0.05) is 0 Å². The molecule has 2 rings (SSSR count). The summed E-state index contributed by atoms with van der Waals surface area (Å²) in [6.45, 7) is 3.53. The van der Waals surface area contributed by atoms with Crippen molar-refractivity contribution in [2.75, 3.05) is 26.7 Å². The molecule has 1 aliphatic carbocycles. The van der Waals surface area contributed by atoms with Gasteiger partial charge >= 0.3 is 0 Å². The van der Waals surface area contributed by atoms with Crippen LogP contribution in [0.4, 0.5) is 0 Å². The Hall–Kier alpha value is -0.120. The molecule has 3 heteroatoms. The second-order valence-electron chi connectivity index (χ2n) is 4.60. The molecule has 0 amide bonds. The van der Waals surface area contributed by atoms with E-state index in [0.717, 1.165) is 25.3 Å². The number of nitrogens with zero attached hydrogens (tertiary/aromatic N) is 1. The summed E-state index contributed by atoms with van der Waals surface area (Å²) in [6.07, 6.45) is 3.24. The number of aliphatic hydroxyl groups is 1. The molecule has 76 valence electrons. The fraction of sp³-hybridized carbons (Fsp3) is 1.00. The minimum Gasteiger partial charge on any atom is -0.392 e. The van der Waals surface area contributed by atoms with Gasteiger partial charge in [0.2, 0.25) is 0 Å². The van der Waals surface area contributed by atoms with E-state index in [1.165, 1.54) is 19.5 Å². The highest BCUT2D eigenvalue weighted by Gasteiger charge is 2.28. The van der Waals surface area contributed by atoms with E-state index in [1.54, 1.807) is 0 Å². The first kappa shape index (κ1) is 9.44. The average Bonchev–Trinajstić information content (AvgIpc) is 2.43. The molecule has 2 fully saturated rings. The van der Waals surface area contributed by atoms with Crippen molar-refractivity contribution < 1.29 is 5.11 Å². The van der Waals surface area contributed by atoms with E-state index in [1.807, 2.05) is 0 Å². The SMILES string of the molecule is CN1CC(CNC2CCCC2O)C1. The molecule has 1 aliphatic heterocycles. The Labute approximate surface area is 80.1 Å². The van der Waals surface area contributed by atoms with Crippen molar-refractivity contribution in [1.29, 1.82) is 0 Å². The largest absolute Gasteiger partial charge is 0.392 e. The minimum atomic E-state index is -0.0854. The van der Waals surface area contributed by atoms with Crippen molar-refractivity contribution in [3.8, 4) is 0 Å². The maximum Gasteiger partial charge on any atom is 0.0693 e. The molecule has 1 heterocycles. The van der Waals surface area contributed by atoms with Crippen LogP contribution in [0, 0.1) is 5.92 Å². The van der Waals surface area contributed by atoms with Gasteiger partial charge in [-0.3, -0.25) is 0 Å². The first-order valence-electron chi connectivity index (χ1n) is 5.35. The van der Waals surface area contributed by atoms with Gasteiger partial charge in [0.15, 0.2) is 0 Å². The zero-order valence-corrected chi connectivity index (χ0v) is 8.37. The average molecular weight is 184 g/mol. The van der Waals surface area contributed by atoms with E-state index in [2.05, 4.69) is 17.3 Å². The summed E-state index contributed by atoms with van der Waals surface area (Å²) >= 11 is 0. The van der Waals surface area contributed by atoms with Crippen LogP contribution in [0.2, 0.25) is 0 Å². The van der Waals surface area contributed by atoms with Crippen molar-refractivity contribution in [3.05, 3.63) is 0 Å². The van der Waals surface area contributed by atoms with Gasteiger partial charge in [-0.15, -0.1) is 0 Å². The first-order chi connectivity index (χ1) is 6.25. The maximum absolute atomic E-state index is 9.57. The normalized spacial score (nSPS) is 36.5. The van der Waals surface area contributed by atoms with Crippen LogP contribution >= 0.6 is 0 Å². The van der Waals surface area contributed by atoms with Crippen LogP contribution in [-0.2, 0) is 0 Å². The summed E-state index contributed by atoms with van der Waals surface area (Å²) in [6, 6.07) is 0.380. The molecule has 0 aromatic carbocycles. The van der Waals surface area contributed by atoms with Crippen molar-refractivity contribution in [2.24, 2.45) is 5.92 Å². The number of aliphatic hydroxyl groups excluding tert-OH is 1. The molecule has 3 nitrogen and oxygen atoms in total. The summed E-state index contributed by atoms with van der Waals surface area (Å²) < 4.78 is 0. The van der Waals surface area contributed by atoms with Gasteiger partial charge in [-0.25, -0.2) is 0 Å². The lowest BCUT2D eigenvalue weighted by Gasteiger charge is -2.37. The van der Waals surface area contributed by atoms with Gasteiger partial charge in [0, 0.05) is 25.7 Å². The highest BCUT2D eigenvalue weighted by Crippen LogP contribution is 2.19. The fourth-order valence-corrected chi connectivity index (χ4v) is 2.45. The Morgan fingerprint density at radius 1 is 1.38 bits per heavy atom. The molecular formula is C10H20N2O. The predicted octanol–water partition coefficient (Wildman–Crippen LogP) is 0.0510. The smallest absolute Gasteiger partial charge is 0.0693 e. The van der Waals surface area contributed by atoms with Crippen molar-refractivity contribution in [2.45, 2.75) is 31.4 Å². The molecule has 0 aromatic heterocycles. The van der Waals surface area contributed by atoms with Gasteiger partial charge in [0.05, 0.1) is 6.10 Å². The first-order valence-corrected chi connectivity index (χ1v) is 5.35. The molecule has 2 atom stereocenters. The standard InChI is InChI=1S/C10H20N2O/c1-12-6-8(7-12)5-11-9-3-2-4-10(9)13/h8-11,13H,2-7H2,1H3. The van der Waals surface area contributed by atoms with Gasteiger partial charge in [0.25, 0.3) is 0 Å². The monoisotopic (exact) mass is 184 g/mol. The van der Waals surface area contributed by atoms with Crippen LogP contribution in [0.3, 0.4) is 0 Å². The molecule has 2 unspecified atom stereocenters. The lowest BCUT2D eigenvalue weighted by molar-refractivity contribution is 0.111. The molecule has 0 spiro atoms. The maximum atomic E-state index is 9.57. The Balaban J connectivity index is 1.62. The minimum absolute atomic E-state index is 0.0854. The van der Waals surface area contributed by atoms with Crippen LogP contribution < -0.4 is 5.32 Å². The third-order valence-electron chi connectivity index (χ3n) is 3.29. The van der Waals surface area contributed by atoms with E-state index in [9.17, 15) is 5.11 Å². The molecule has 0 aromatic rings. The van der Waals surface area contributed by atoms with Crippen LogP contribution in [0.15, 0.2) is 0 Å². The number of hydrogen-bond acceptors (Lipinski definition) is 3. The molecule has 2 aliphatic rings. The van der Waals surface area contributed by atoms with Crippen molar-refractivity contribution in [3.63, 3.8) is 0 Å². The molecule has 13 heavy (non-hydrogen) atoms. The van der Waals surface area contributed by atoms with Crippen molar-refractivity contribution >= 4 is 0 Å². The molecule has 1 saturated heterocycles. The van der Waals surface area contributed by atoms with E-state index in [-0.39, 0.29) is 6.10 Å². The summed E-state index contributed by atoms with van der Waals surface area (Å²) in [7, 11) is 2.15. The number of likely N-dealkylation sites (tertiary alicyclic amines) is 1. The Kier molecular flexibility index (Phi) is 2.86. The van der Waals surface area contributed by atoms with Gasteiger partial charge in [-0.05, 0) is 32.2 Å². The van der Waals surface area contributed by atoms with E-state index in [0.29, 0.717) is 6.04 Å². The number of hydrogen-bond donors (Lipinski definition) is 2. The molecule has 2 N–H and O–H groups in total. The van der Waals surface area contributed by atoms with Crippen LogP contribution in [0.1, 0.15) is 19.3 Å². The highest BCUT2D eigenvalue weighted by molar-refractivity contribution is 4.86. The number of nitrogens with one attached hydrogen (secondary N) is 1. The van der Waals surface area contributed by atoms with E-state index in [4.69, 9.17) is 0 Å². The summed E-state index contributed by atoms with van der Waals surface area (Å²) in [4.78, 5) is 2.33. The number of rotatable bonds is 3. The Morgan fingerprint density at radius 2 is 2.15 bits per heavy atom. The summed E-state index contributed by atoms with van der Waals surface area (Å²) in [5.74, 6) is 0.817. The Morgan fingerprint density at radius 3 is 2.69 bits per heavy atom. The quantitative estimate of drug-likeness (QED) is 0.650. The third-order valence-corrected chi connectivity index (χ3v) is 3.29. The highest BCUT2D eigenvalue weighted by atomic mass is 16.3. The molecule has 0 bridgehead atoms. The topological polar surface area (TPSA) is 35.5 Å². The van der Waals surface area contributed by atoms with E-state index >= 15 is 0 Å². The third kappa shape index (κ3) is 2.22. The van der Waals surface area contributed by atoms with Gasteiger partial charge in [-0.2, -0.15) is 0 Å². The van der Waals surface area contributed by atoms with Gasteiger partial charge in [0.1, 0.15) is 0 Å². The zero-order chi connectivity index (χ0) is 9.26. The molecule has 1 saturated carbocycles. The Bertz CT molecular complexity index is 168. The lowest BCUT2D eigenvalue weighted by atomic mass is 10.0. The summed E-state index contributed by atoms with van der Waals surface area (Å²) in [5, 5.41) is 13.0. The lowest BCUT2D eigenvalue weighted by Crippen LogP contribution is -2.50. The zero-order valence-electron chi connectivity index (χ0n) is 8.37. The van der Waals surface area contributed by atoms with Crippen molar-refractivity contribution in [1.82, 2.24) is 10.2 Å². The van der Waals surface area contributed by atoms with Crippen LogP contribution in [0.25, 0.3) is 0 Å². The summed E-state index contributed by atoms with van der Waals surface area (Å²) in [5.41, 5.74) is 0. The molecular weight excluding hydrogens is 164 g/mol. The van der Waals surface area contributed by atoms with Crippen LogP contribution in [0.5, 0.6) is 0 Å². The second-order valence-corrected chi connectivity index (χ2v) is 4.60. The fourth-order valence-electron chi connectivity index (χ4n) is 2.45. The van der Waals surface area contributed by atoms with Crippen LogP contribution in [-0.4, -0.2) is 48.8 Å². The van der Waals surface area contributed by atoms with Gasteiger partial charge < -0.3 is 15.3 Å². The van der Waals surface area contributed by atoms with E-state index < -0.39 is 0 Å². The molecule has 0 radical (unpaired) electrons. The predicted molar refractivity (Wildman–Crippen MR) is 52.6 cm³/mol. The second kappa shape index (κ2) is 3.95.